The third-order valence-electron chi connectivity index (χ3n) is 5.12. The summed E-state index contributed by atoms with van der Waals surface area (Å²) < 4.78 is 5.86. The van der Waals surface area contributed by atoms with Gasteiger partial charge in [-0.15, -0.1) is 0 Å². The van der Waals surface area contributed by atoms with Crippen molar-refractivity contribution < 1.29 is 9.21 Å². The van der Waals surface area contributed by atoms with Crippen molar-refractivity contribution in [2.75, 3.05) is 0 Å². The van der Waals surface area contributed by atoms with Gasteiger partial charge in [0.25, 0.3) is 5.91 Å². The molecule has 3 heterocycles. The van der Waals surface area contributed by atoms with Gasteiger partial charge in [-0.25, -0.2) is 0 Å². The Morgan fingerprint density at radius 3 is 2.69 bits per heavy atom. The number of thioether (sulfide) groups is 1. The van der Waals surface area contributed by atoms with E-state index >= 15 is 0 Å². The molecular weight excluding hydrogens is 440 g/mol. The number of hydrogen-bond acceptors (Lipinski definition) is 6. The van der Waals surface area contributed by atoms with Gasteiger partial charge in [0.2, 0.25) is 5.17 Å². The summed E-state index contributed by atoms with van der Waals surface area (Å²) in [5.74, 6) is 0.119. The maximum atomic E-state index is 12.6. The van der Waals surface area contributed by atoms with Crippen LogP contribution in [-0.4, -0.2) is 27.0 Å². The molecule has 1 N–H and O–H groups in total. The summed E-state index contributed by atoms with van der Waals surface area (Å²) in [4.78, 5) is 17.8. The standard InChI is InChI=1S/C24H26N4O2S2/c1-3-4-5-6-7-8-20-27-28-22(25)19(23(29)26-24(28)32-20)15-17-11-14-21(30-17)31-18-12-9-16(2)10-13-18/h9-15,25H,3-8H2,1-2H3/b19-15-,25-22?. The summed E-state index contributed by atoms with van der Waals surface area (Å²) in [6.45, 7) is 4.25. The number of benzene rings is 1. The van der Waals surface area contributed by atoms with Crippen LogP contribution in [-0.2, 0) is 4.79 Å². The van der Waals surface area contributed by atoms with E-state index in [1.807, 2.05) is 18.2 Å². The van der Waals surface area contributed by atoms with Crippen LogP contribution in [0.4, 0.5) is 0 Å². The molecule has 0 saturated carbocycles. The van der Waals surface area contributed by atoms with Gasteiger partial charge in [-0.2, -0.15) is 15.1 Å². The van der Waals surface area contributed by atoms with Gasteiger partial charge in [0, 0.05) is 4.90 Å². The molecule has 32 heavy (non-hydrogen) atoms. The molecule has 0 radical (unpaired) electrons. The highest BCUT2D eigenvalue weighted by molar-refractivity contribution is 8.26. The van der Waals surface area contributed by atoms with Crippen LogP contribution in [0.15, 0.2) is 66.5 Å². The highest BCUT2D eigenvalue weighted by atomic mass is 32.2. The summed E-state index contributed by atoms with van der Waals surface area (Å²) in [7, 11) is 0. The summed E-state index contributed by atoms with van der Waals surface area (Å²) in [6, 6.07) is 11.9. The molecule has 6 nitrogen and oxygen atoms in total. The van der Waals surface area contributed by atoms with E-state index in [4.69, 9.17) is 9.83 Å². The van der Waals surface area contributed by atoms with Crippen LogP contribution < -0.4 is 0 Å². The maximum absolute atomic E-state index is 12.6. The van der Waals surface area contributed by atoms with E-state index < -0.39 is 5.91 Å². The Morgan fingerprint density at radius 2 is 1.91 bits per heavy atom. The van der Waals surface area contributed by atoms with Crippen LogP contribution in [0.5, 0.6) is 0 Å². The maximum Gasteiger partial charge on any atom is 0.283 e. The minimum Gasteiger partial charge on any atom is -0.450 e. The minimum atomic E-state index is -0.433. The van der Waals surface area contributed by atoms with Crippen molar-refractivity contribution in [2.45, 2.75) is 62.4 Å². The highest BCUT2D eigenvalue weighted by Crippen LogP contribution is 2.32. The molecular formula is C24H26N4O2S2. The fourth-order valence-corrected chi connectivity index (χ4v) is 5.05. The van der Waals surface area contributed by atoms with E-state index in [0.29, 0.717) is 10.9 Å². The highest BCUT2D eigenvalue weighted by Gasteiger charge is 2.35. The number of rotatable bonds is 9. The van der Waals surface area contributed by atoms with E-state index in [9.17, 15) is 4.79 Å². The summed E-state index contributed by atoms with van der Waals surface area (Å²) >= 11 is 2.90. The SMILES string of the molecule is CCCCCCCC1=NN2C(=N)/C(=C/c3ccc(Sc4ccc(C)cc4)o3)C(=O)N=C2S1. The number of carbonyl (C=O) groups excluding carboxylic acids is 1. The molecule has 166 valence electrons. The largest absolute Gasteiger partial charge is 0.450 e. The summed E-state index contributed by atoms with van der Waals surface area (Å²) in [6.07, 6.45) is 8.36. The lowest BCUT2D eigenvalue weighted by atomic mass is 10.1. The number of hydrogen-bond donors (Lipinski definition) is 1. The lowest BCUT2D eigenvalue weighted by Gasteiger charge is -2.19. The Balaban J connectivity index is 1.43. The molecule has 0 unspecified atom stereocenters. The van der Waals surface area contributed by atoms with Crippen LogP contribution >= 0.6 is 23.5 Å². The average Bonchev–Trinajstić information content (AvgIpc) is 3.39. The Kier molecular flexibility index (Phi) is 7.32. The Morgan fingerprint density at radius 1 is 1.12 bits per heavy atom. The third-order valence-corrected chi connectivity index (χ3v) is 7.02. The monoisotopic (exact) mass is 466 g/mol. The number of amides is 1. The van der Waals surface area contributed by atoms with Crippen molar-refractivity contribution in [2.24, 2.45) is 10.1 Å². The molecule has 0 aliphatic carbocycles. The van der Waals surface area contributed by atoms with E-state index in [1.54, 1.807) is 12.1 Å². The topological polar surface area (TPSA) is 82.0 Å². The van der Waals surface area contributed by atoms with Crippen LogP contribution in [0.2, 0.25) is 0 Å². The number of nitrogens with one attached hydrogen (secondary N) is 1. The third kappa shape index (κ3) is 5.42. The Labute approximate surface area is 196 Å². The lowest BCUT2D eigenvalue weighted by Crippen LogP contribution is -2.35. The normalized spacial score (nSPS) is 17.1. The van der Waals surface area contributed by atoms with Crippen LogP contribution in [0.25, 0.3) is 6.08 Å². The lowest BCUT2D eigenvalue weighted by molar-refractivity contribution is -0.114. The van der Waals surface area contributed by atoms with Crippen LogP contribution in [0.3, 0.4) is 0 Å². The predicted molar refractivity (Wildman–Crippen MR) is 132 cm³/mol. The minimum absolute atomic E-state index is 0.0395. The van der Waals surface area contributed by atoms with E-state index in [1.165, 1.54) is 59.8 Å². The van der Waals surface area contributed by atoms with Crippen molar-refractivity contribution in [3.05, 3.63) is 53.3 Å². The zero-order valence-electron chi connectivity index (χ0n) is 18.3. The van der Waals surface area contributed by atoms with Crippen molar-refractivity contribution >= 4 is 51.6 Å². The van der Waals surface area contributed by atoms with Gasteiger partial charge in [0.15, 0.2) is 10.9 Å². The number of furan rings is 1. The van der Waals surface area contributed by atoms with Crippen molar-refractivity contribution in [3.8, 4) is 0 Å². The second-order valence-corrected chi connectivity index (χ2v) is 9.87. The fourth-order valence-electron chi connectivity index (χ4n) is 3.34. The van der Waals surface area contributed by atoms with Gasteiger partial charge in [-0.3, -0.25) is 10.2 Å². The Bertz CT molecular complexity index is 1100. The molecule has 4 rings (SSSR count). The molecule has 2 aromatic rings. The first-order valence-corrected chi connectivity index (χ1v) is 12.5. The number of aliphatic imine (C=N–C) groups is 1. The van der Waals surface area contributed by atoms with Gasteiger partial charge in [-0.1, -0.05) is 62.1 Å². The van der Waals surface area contributed by atoms with Crippen molar-refractivity contribution in [1.82, 2.24) is 5.01 Å². The van der Waals surface area contributed by atoms with Crippen LogP contribution in [0, 0.1) is 12.3 Å². The molecule has 8 heteroatoms. The van der Waals surface area contributed by atoms with Gasteiger partial charge in [0.05, 0.1) is 5.57 Å². The number of hydrazone groups is 1. The molecule has 1 amide bonds. The van der Waals surface area contributed by atoms with E-state index in [0.717, 1.165) is 27.9 Å². The number of nitrogens with zero attached hydrogens (tertiary/aromatic N) is 3. The second kappa shape index (κ2) is 10.4. The second-order valence-electron chi connectivity index (χ2n) is 7.75. The first kappa shape index (κ1) is 22.6. The molecule has 2 aliphatic heterocycles. The van der Waals surface area contributed by atoms with Crippen molar-refractivity contribution in [3.63, 3.8) is 0 Å². The molecule has 1 aromatic heterocycles. The molecule has 0 atom stereocenters. The Hall–Kier alpha value is -2.58. The van der Waals surface area contributed by atoms with Crippen molar-refractivity contribution in [1.29, 1.82) is 5.41 Å². The van der Waals surface area contributed by atoms with Gasteiger partial charge >= 0.3 is 0 Å². The van der Waals surface area contributed by atoms with Crippen LogP contribution in [0.1, 0.15) is 56.8 Å². The smallest absolute Gasteiger partial charge is 0.283 e. The molecule has 0 saturated heterocycles. The zero-order chi connectivity index (χ0) is 22.5. The number of fused-ring (bicyclic) bond motifs is 1. The number of carbonyl (C=O) groups is 1. The number of aryl methyl sites for hydroxylation is 1. The molecule has 2 aliphatic rings. The van der Waals surface area contributed by atoms with E-state index in [-0.39, 0.29) is 11.4 Å². The summed E-state index contributed by atoms with van der Waals surface area (Å²) in [5.41, 5.74) is 1.39. The first-order chi connectivity index (χ1) is 15.5. The molecule has 0 spiro atoms. The molecule has 0 bridgehead atoms. The first-order valence-electron chi connectivity index (χ1n) is 10.9. The van der Waals surface area contributed by atoms with Gasteiger partial charge in [-0.05, 0) is 61.9 Å². The molecule has 0 fully saturated rings. The number of amidine groups is 2. The number of unbranched alkanes of at least 4 members (excludes halogenated alkanes) is 4. The fraction of sp³-hybridized carbons (Fsp3) is 0.333. The zero-order valence-corrected chi connectivity index (χ0v) is 19.9. The van der Waals surface area contributed by atoms with Gasteiger partial charge in [0.1, 0.15) is 10.8 Å². The van der Waals surface area contributed by atoms with Gasteiger partial charge < -0.3 is 4.42 Å². The molecule has 1 aromatic carbocycles. The van der Waals surface area contributed by atoms with E-state index in [2.05, 4.69) is 36.1 Å². The average molecular weight is 467 g/mol. The predicted octanol–water partition coefficient (Wildman–Crippen LogP) is 6.72. The summed E-state index contributed by atoms with van der Waals surface area (Å²) in [5, 5.41) is 16.6. The quantitative estimate of drug-likeness (QED) is 0.328.